The normalized spacial score (nSPS) is 21.7. The van der Waals surface area contributed by atoms with Gasteiger partial charge in [0.15, 0.2) is 0 Å². The molecule has 38 heavy (non-hydrogen) atoms. The maximum Gasteiger partial charge on any atom is 0.143 e. The summed E-state index contributed by atoms with van der Waals surface area (Å²) >= 11 is 6.30. The summed E-state index contributed by atoms with van der Waals surface area (Å²) in [6, 6.07) is 11.7. The zero-order valence-corrected chi connectivity index (χ0v) is 21.4. The molecule has 2 fully saturated rings. The molecule has 3 N–H and O–H groups in total. The average molecular weight is 534 g/mol. The third-order valence-electron chi connectivity index (χ3n) is 7.07. The predicted molar refractivity (Wildman–Crippen MR) is 145 cm³/mol. The van der Waals surface area contributed by atoms with Gasteiger partial charge in [0.25, 0.3) is 0 Å². The minimum Gasteiger partial charge on any atom is -0.386 e. The lowest BCUT2D eigenvalue weighted by molar-refractivity contribution is 0.0187. The van der Waals surface area contributed by atoms with E-state index < -0.39 is 0 Å². The van der Waals surface area contributed by atoms with E-state index in [1.165, 1.54) is 0 Å². The number of nitrogens with one attached hydrogen (secondary N) is 1. The lowest BCUT2D eigenvalue weighted by Crippen LogP contribution is -2.44. The van der Waals surface area contributed by atoms with Crippen LogP contribution in [-0.2, 0) is 4.74 Å². The molecule has 4 aromatic rings. The fourth-order valence-electron chi connectivity index (χ4n) is 5.17. The third-order valence-corrected chi connectivity index (χ3v) is 7.30. The van der Waals surface area contributed by atoms with Crippen LogP contribution in [0.5, 0.6) is 0 Å². The summed E-state index contributed by atoms with van der Waals surface area (Å²) in [6.07, 6.45) is 6.65. The van der Waals surface area contributed by atoms with Crippen LogP contribution in [0.1, 0.15) is 12.0 Å². The Bertz CT molecular complexity index is 1440. The molecule has 2 aliphatic heterocycles. The van der Waals surface area contributed by atoms with E-state index in [1.807, 2.05) is 42.5 Å². The summed E-state index contributed by atoms with van der Waals surface area (Å²) < 4.78 is 7.20. The Morgan fingerprint density at radius 3 is 2.87 bits per heavy atom. The largest absolute Gasteiger partial charge is 0.386 e. The number of aliphatic imine (C=N–C) groups is 1. The fourth-order valence-corrected chi connectivity index (χ4v) is 5.35. The van der Waals surface area contributed by atoms with E-state index in [0.717, 1.165) is 67.2 Å². The number of benzene rings is 2. The number of amidine groups is 1. The van der Waals surface area contributed by atoms with Crippen molar-refractivity contribution in [2.75, 3.05) is 39.4 Å². The highest BCUT2D eigenvalue weighted by molar-refractivity contribution is 6.30. The molecule has 4 heterocycles. The van der Waals surface area contributed by atoms with E-state index >= 15 is 0 Å². The molecule has 0 unspecified atom stereocenters. The number of nitrogens with zero attached hydrogens (tertiary/aromatic N) is 9. The van der Waals surface area contributed by atoms with Crippen molar-refractivity contribution in [1.29, 1.82) is 0 Å². The summed E-state index contributed by atoms with van der Waals surface area (Å²) in [4.78, 5) is 9.67. The van der Waals surface area contributed by atoms with Crippen LogP contribution in [0.4, 0.5) is 5.69 Å². The SMILES string of the molecule is NC(=Nc1ccc2n[nH]nc2c1)[C@@H]1C[C@H](N2CCOCC2)CN1C/C=C/c1cc(Cl)ccc1-n1cnnn1. The van der Waals surface area contributed by atoms with Crippen LogP contribution >= 0.6 is 11.6 Å². The van der Waals surface area contributed by atoms with Gasteiger partial charge in [-0.25, -0.2) is 4.99 Å². The number of halogens is 1. The fraction of sp³-hybridized carbons (Fsp3) is 0.360. The first-order valence-corrected chi connectivity index (χ1v) is 12.9. The number of fused-ring (bicyclic) bond motifs is 1. The molecule has 2 aromatic heterocycles. The standard InChI is InChI=1S/C25H28ClN11O/c26-18-3-6-23(37-16-28-32-34-37)17(12-18)2-1-7-36-15-20(35-8-10-38-11-9-35)14-24(36)25(27)29-19-4-5-21-22(13-19)31-33-30-21/h1-6,12-13,16,20,24H,7-11,14-15H2,(H2,27,29)(H,30,31,33)/b2-1+/t20-,24-/m0/s1. The van der Waals surface area contributed by atoms with E-state index in [-0.39, 0.29) is 6.04 Å². The number of hydrogen-bond donors (Lipinski definition) is 2. The summed E-state index contributed by atoms with van der Waals surface area (Å²) in [5.74, 6) is 0.592. The van der Waals surface area contributed by atoms with Gasteiger partial charge in [-0.1, -0.05) is 23.8 Å². The van der Waals surface area contributed by atoms with E-state index in [9.17, 15) is 0 Å². The Hall–Kier alpha value is -3.71. The monoisotopic (exact) mass is 533 g/mol. The number of tetrazole rings is 1. The molecule has 0 bridgehead atoms. The lowest BCUT2D eigenvalue weighted by atomic mass is 10.1. The molecule has 6 rings (SSSR count). The number of nitrogens with two attached hydrogens (primary N) is 1. The van der Waals surface area contributed by atoms with Gasteiger partial charge in [0, 0.05) is 42.8 Å². The van der Waals surface area contributed by atoms with Gasteiger partial charge in [0.2, 0.25) is 0 Å². The maximum atomic E-state index is 6.66. The van der Waals surface area contributed by atoms with Gasteiger partial charge < -0.3 is 10.5 Å². The summed E-state index contributed by atoms with van der Waals surface area (Å²) in [5.41, 5.74) is 10.8. The Kier molecular flexibility index (Phi) is 7.10. The Morgan fingerprint density at radius 2 is 2.03 bits per heavy atom. The molecule has 2 aliphatic rings. The van der Waals surface area contributed by atoms with Crippen molar-refractivity contribution in [2.45, 2.75) is 18.5 Å². The second-order valence-electron chi connectivity index (χ2n) is 9.40. The van der Waals surface area contributed by atoms with Crippen LogP contribution < -0.4 is 5.73 Å². The van der Waals surface area contributed by atoms with Crippen LogP contribution in [0, 0.1) is 0 Å². The van der Waals surface area contributed by atoms with Crippen molar-refractivity contribution in [1.82, 2.24) is 45.4 Å². The molecule has 0 radical (unpaired) electrons. The van der Waals surface area contributed by atoms with Crippen molar-refractivity contribution in [3.8, 4) is 5.69 Å². The van der Waals surface area contributed by atoms with Gasteiger partial charge in [-0.05, 0) is 53.2 Å². The first-order chi connectivity index (χ1) is 18.6. The zero-order chi connectivity index (χ0) is 25.9. The van der Waals surface area contributed by atoms with Crippen molar-refractivity contribution in [2.24, 2.45) is 10.7 Å². The number of rotatable bonds is 7. The highest BCUT2D eigenvalue weighted by atomic mass is 35.5. The summed E-state index contributed by atoms with van der Waals surface area (Å²) in [7, 11) is 0. The Balaban J connectivity index is 1.24. The molecule has 2 saturated heterocycles. The van der Waals surface area contributed by atoms with E-state index in [4.69, 9.17) is 27.1 Å². The van der Waals surface area contributed by atoms with Gasteiger partial charge in [-0.3, -0.25) is 9.80 Å². The average Bonchev–Trinajstić information content (AvgIpc) is 3.70. The summed E-state index contributed by atoms with van der Waals surface area (Å²) in [5, 5.41) is 23.1. The van der Waals surface area contributed by atoms with Gasteiger partial charge in [-0.2, -0.15) is 20.1 Å². The van der Waals surface area contributed by atoms with Crippen LogP contribution in [0.3, 0.4) is 0 Å². The zero-order valence-electron chi connectivity index (χ0n) is 20.7. The molecular weight excluding hydrogens is 506 g/mol. The van der Waals surface area contributed by atoms with Gasteiger partial charge >= 0.3 is 0 Å². The molecule has 0 saturated carbocycles. The first-order valence-electron chi connectivity index (χ1n) is 12.5. The van der Waals surface area contributed by atoms with Crippen LogP contribution in [0.25, 0.3) is 22.8 Å². The molecule has 0 amide bonds. The molecule has 2 aromatic carbocycles. The molecule has 0 spiro atoms. The second kappa shape index (κ2) is 11.0. The quantitative estimate of drug-likeness (QED) is 0.270. The highest BCUT2D eigenvalue weighted by Gasteiger charge is 2.37. The molecule has 2 atom stereocenters. The van der Waals surface area contributed by atoms with Gasteiger partial charge in [0.05, 0.1) is 30.6 Å². The van der Waals surface area contributed by atoms with E-state index in [2.05, 4.69) is 46.8 Å². The van der Waals surface area contributed by atoms with Crippen LogP contribution in [0.2, 0.25) is 5.02 Å². The number of ether oxygens (including phenoxy) is 1. The number of H-pyrrole nitrogens is 1. The number of likely N-dealkylation sites (tertiary alicyclic amines) is 1. The van der Waals surface area contributed by atoms with E-state index in [0.29, 0.717) is 23.4 Å². The number of aromatic nitrogens is 7. The first kappa shape index (κ1) is 24.6. The topological polar surface area (TPSA) is 139 Å². The molecule has 0 aliphatic carbocycles. The van der Waals surface area contributed by atoms with Crippen molar-refractivity contribution < 1.29 is 4.74 Å². The number of aromatic amines is 1. The summed E-state index contributed by atoms with van der Waals surface area (Å²) in [6.45, 7) is 4.97. The molecular formula is C25H28ClN11O. The van der Waals surface area contributed by atoms with Gasteiger partial charge in [-0.15, -0.1) is 5.10 Å². The molecule has 12 nitrogen and oxygen atoms in total. The predicted octanol–water partition coefficient (Wildman–Crippen LogP) is 2.06. The van der Waals surface area contributed by atoms with Crippen molar-refractivity contribution in [3.05, 3.63) is 59.4 Å². The van der Waals surface area contributed by atoms with Crippen LogP contribution in [-0.4, -0.2) is 103 Å². The molecule has 13 heteroatoms. The lowest BCUT2D eigenvalue weighted by Gasteiger charge is -2.32. The second-order valence-corrected chi connectivity index (χ2v) is 9.84. The number of hydrogen-bond acceptors (Lipinski definition) is 9. The molecule has 196 valence electrons. The smallest absolute Gasteiger partial charge is 0.143 e. The third kappa shape index (κ3) is 5.29. The minimum absolute atomic E-state index is 0.00107. The van der Waals surface area contributed by atoms with Crippen molar-refractivity contribution in [3.63, 3.8) is 0 Å². The Labute approximate surface area is 224 Å². The Morgan fingerprint density at radius 1 is 1.16 bits per heavy atom. The van der Waals surface area contributed by atoms with E-state index in [1.54, 1.807) is 11.0 Å². The van der Waals surface area contributed by atoms with Crippen LogP contribution in [0.15, 0.2) is 53.8 Å². The van der Waals surface area contributed by atoms with Gasteiger partial charge in [0.1, 0.15) is 23.2 Å². The van der Waals surface area contributed by atoms with Crippen molar-refractivity contribution >= 4 is 40.2 Å². The number of morpholine rings is 1. The highest BCUT2D eigenvalue weighted by Crippen LogP contribution is 2.26. The maximum absolute atomic E-state index is 6.66. The minimum atomic E-state index is -0.00107.